The maximum Gasteiger partial charge on any atom is 0.222 e. The van der Waals surface area contributed by atoms with Gasteiger partial charge >= 0.3 is 0 Å². The largest absolute Gasteiger partial charge is 0.342 e. The standard InChI is InChI=1S/C12H20N2OS/c1-4-7-14(12(15)5-2)8-6-11-13-10(3)9-16-11/h9H,4-8H2,1-3H3. The van der Waals surface area contributed by atoms with Crippen molar-refractivity contribution in [1.29, 1.82) is 0 Å². The zero-order valence-electron chi connectivity index (χ0n) is 10.3. The lowest BCUT2D eigenvalue weighted by molar-refractivity contribution is -0.130. The third kappa shape index (κ3) is 3.93. The molecule has 0 saturated carbocycles. The van der Waals surface area contributed by atoms with Crippen LogP contribution < -0.4 is 0 Å². The number of hydrogen-bond acceptors (Lipinski definition) is 3. The van der Waals surface area contributed by atoms with Crippen LogP contribution in [0.1, 0.15) is 37.4 Å². The van der Waals surface area contributed by atoms with Gasteiger partial charge in [0.15, 0.2) is 0 Å². The Bertz CT molecular complexity index is 336. The highest BCUT2D eigenvalue weighted by Gasteiger charge is 2.10. The lowest BCUT2D eigenvalue weighted by Gasteiger charge is -2.20. The van der Waals surface area contributed by atoms with Crippen LogP contribution in [0, 0.1) is 6.92 Å². The van der Waals surface area contributed by atoms with Gasteiger partial charge < -0.3 is 4.90 Å². The van der Waals surface area contributed by atoms with Crippen LogP contribution in [0.3, 0.4) is 0 Å². The summed E-state index contributed by atoms with van der Waals surface area (Å²) >= 11 is 1.68. The summed E-state index contributed by atoms with van der Waals surface area (Å²) in [6.07, 6.45) is 2.49. The number of amides is 1. The van der Waals surface area contributed by atoms with E-state index in [0.29, 0.717) is 6.42 Å². The van der Waals surface area contributed by atoms with Gasteiger partial charge in [0.2, 0.25) is 5.91 Å². The van der Waals surface area contributed by atoms with Gasteiger partial charge in [-0.05, 0) is 13.3 Å². The van der Waals surface area contributed by atoms with Crippen molar-refractivity contribution in [2.24, 2.45) is 0 Å². The van der Waals surface area contributed by atoms with Crippen molar-refractivity contribution in [3.63, 3.8) is 0 Å². The molecular formula is C12H20N2OS. The SMILES string of the molecule is CCCN(CCc1nc(C)cs1)C(=O)CC. The molecule has 0 unspecified atom stereocenters. The molecule has 3 nitrogen and oxygen atoms in total. The van der Waals surface area contributed by atoms with Crippen molar-refractivity contribution < 1.29 is 4.79 Å². The highest BCUT2D eigenvalue weighted by atomic mass is 32.1. The molecule has 0 aliphatic carbocycles. The Morgan fingerprint density at radius 3 is 2.69 bits per heavy atom. The average molecular weight is 240 g/mol. The highest BCUT2D eigenvalue weighted by Crippen LogP contribution is 2.10. The lowest BCUT2D eigenvalue weighted by Crippen LogP contribution is -2.33. The Labute approximate surface area is 101 Å². The van der Waals surface area contributed by atoms with Crippen LogP contribution in [-0.4, -0.2) is 28.9 Å². The predicted octanol–water partition coefficient (Wildman–Crippen LogP) is 2.64. The fourth-order valence-corrected chi connectivity index (χ4v) is 2.37. The van der Waals surface area contributed by atoms with Crippen molar-refractivity contribution in [3.05, 3.63) is 16.1 Å². The number of nitrogens with zero attached hydrogens (tertiary/aromatic N) is 2. The van der Waals surface area contributed by atoms with Gasteiger partial charge in [0, 0.05) is 37.0 Å². The van der Waals surface area contributed by atoms with Crippen molar-refractivity contribution in [1.82, 2.24) is 9.88 Å². The second-order valence-electron chi connectivity index (χ2n) is 3.87. The fraction of sp³-hybridized carbons (Fsp3) is 0.667. The van der Waals surface area contributed by atoms with E-state index in [9.17, 15) is 4.79 Å². The molecule has 0 fully saturated rings. The average Bonchev–Trinajstić information content (AvgIpc) is 2.69. The van der Waals surface area contributed by atoms with Crippen LogP contribution in [0.5, 0.6) is 0 Å². The van der Waals surface area contributed by atoms with Crippen LogP contribution in [0.2, 0.25) is 0 Å². The van der Waals surface area contributed by atoms with E-state index in [0.717, 1.165) is 36.6 Å². The van der Waals surface area contributed by atoms with Crippen LogP contribution >= 0.6 is 11.3 Å². The zero-order valence-corrected chi connectivity index (χ0v) is 11.1. The quantitative estimate of drug-likeness (QED) is 0.766. The molecule has 1 aromatic rings. The number of aromatic nitrogens is 1. The Morgan fingerprint density at radius 1 is 1.44 bits per heavy atom. The molecule has 90 valence electrons. The third-order valence-corrected chi connectivity index (χ3v) is 3.44. The maximum absolute atomic E-state index is 11.6. The minimum absolute atomic E-state index is 0.245. The molecule has 0 saturated heterocycles. The van der Waals surface area contributed by atoms with Crippen LogP contribution in [0.4, 0.5) is 0 Å². The number of thiazole rings is 1. The van der Waals surface area contributed by atoms with E-state index >= 15 is 0 Å². The molecule has 0 N–H and O–H groups in total. The molecule has 0 bridgehead atoms. The first-order valence-corrected chi connectivity index (χ1v) is 6.74. The summed E-state index contributed by atoms with van der Waals surface area (Å²) in [5.74, 6) is 0.245. The number of hydrogen-bond donors (Lipinski definition) is 0. The van der Waals surface area contributed by atoms with Gasteiger partial charge in [0.25, 0.3) is 0 Å². The summed E-state index contributed by atoms with van der Waals surface area (Å²) in [6.45, 7) is 7.67. The number of aryl methyl sites for hydroxylation is 1. The Hall–Kier alpha value is -0.900. The molecule has 1 rings (SSSR count). The summed E-state index contributed by atoms with van der Waals surface area (Å²) in [4.78, 5) is 18.0. The van der Waals surface area contributed by atoms with Crippen LogP contribution in [0.15, 0.2) is 5.38 Å². The predicted molar refractivity (Wildman–Crippen MR) is 67.7 cm³/mol. The normalized spacial score (nSPS) is 10.4. The zero-order chi connectivity index (χ0) is 12.0. The first-order chi connectivity index (χ1) is 7.67. The molecule has 1 amide bonds. The summed E-state index contributed by atoms with van der Waals surface area (Å²) in [5, 5.41) is 3.18. The second-order valence-corrected chi connectivity index (χ2v) is 4.81. The molecule has 4 heteroatoms. The third-order valence-electron chi connectivity index (χ3n) is 2.41. The molecule has 0 aliphatic heterocycles. The van der Waals surface area contributed by atoms with E-state index in [1.54, 1.807) is 11.3 Å². The van der Waals surface area contributed by atoms with E-state index in [4.69, 9.17) is 0 Å². The summed E-state index contributed by atoms with van der Waals surface area (Å²) in [6, 6.07) is 0. The maximum atomic E-state index is 11.6. The van der Waals surface area contributed by atoms with E-state index in [-0.39, 0.29) is 5.91 Å². The van der Waals surface area contributed by atoms with E-state index in [2.05, 4.69) is 17.3 Å². The Balaban J connectivity index is 2.46. The van der Waals surface area contributed by atoms with Gasteiger partial charge in [-0.25, -0.2) is 4.98 Å². The van der Waals surface area contributed by atoms with Gasteiger partial charge in [0.1, 0.15) is 0 Å². The van der Waals surface area contributed by atoms with Crippen molar-refractivity contribution in [2.75, 3.05) is 13.1 Å². The first kappa shape index (κ1) is 13.2. The summed E-state index contributed by atoms with van der Waals surface area (Å²) < 4.78 is 0. The second kappa shape index (κ2) is 6.63. The number of carbonyl (C=O) groups excluding carboxylic acids is 1. The number of rotatable bonds is 6. The molecule has 1 aromatic heterocycles. The molecule has 0 aliphatic rings. The van der Waals surface area contributed by atoms with E-state index < -0.39 is 0 Å². The van der Waals surface area contributed by atoms with E-state index in [1.165, 1.54) is 0 Å². The molecular weight excluding hydrogens is 220 g/mol. The van der Waals surface area contributed by atoms with Gasteiger partial charge in [-0.3, -0.25) is 4.79 Å². The highest BCUT2D eigenvalue weighted by molar-refractivity contribution is 7.09. The van der Waals surface area contributed by atoms with Gasteiger partial charge in [-0.2, -0.15) is 0 Å². The Kier molecular flexibility index (Phi) is 5.46. The summed E-state index contributed by atoms with van der Waals surface area (Å²) in [5.41, 5.74) is 1.07. The first-order valence-electron chi connectivity index (χ1n) is 5.86. The molecule has 1 heterocycles. The molecule has 0 atom stereocenters. The fourth-order valence-electron chi connectivity index (χ4n) is 1.60. The van der Waals surface area contributed by atoms with Crippen molar-refractivity contribution in [3.8, 4) is 0 Å². The topological polar surface area (TPSA) is 33.2 Å². The minimum atomic E-state index is 0.245. The molecule has 0 radical (unpaired) electrons. The monoisotopic (exact) mass is 240 g/mol. The van der Waals surface area contributed by atoms with Crippen molar-refractivity contribution >= 4 is 17.2 Å². The minimum Gasteiger partial charge on any atom is -0.342 e. The van der Waals surface area contributed by atoms with E-state index in [1.807, 2.05) is 18.7 Å². The van der Waals surface area contributed by atoms with Crippen molar-refractivity contribution in [2.45, 2.75) is 40.0 Å². The van der Waals surface area contributed by atoms with Crippen LogP contribution in [0.25, 0.3) is 0 Å². The molecule has 0 spiro atoms. The van der Waals surface area contributed by atoms with Gasteiger partial charge in [-0.1, -0.05) is 13.8 Å². The van der Waals surface area contributed by atoms with Gasteiger partial charge in [-0.15, -0.1) is 11.3 Å². The number of carbonyl (C=O) groups is 1. The molecule has 0 aromatic carbocycles. The molecule has 16 heavy (non-hydrogen) atoms. The summed E-state index contributed by atoms with van der Waals surface area (Å²) in [7, 11) is 0. The smallest absolute Gasteiger partial charge is 0.222 e. The van der Waals surface area contributed by atoms with Gasteiger partial charge in [0.05, 0.1) is 5.01 Å². The Morgan fingerprint density at radius 2 is 2.19 bits per heavy atom. The lowest BCUT2D eigenvalue weighted by atomic mass is 10.3. The van der Waals surface area contributed by atoms with Crippen LogP contribution in [-0.2, 0) is 11.2 Å².